The molecule has 0 radical (unpaired) electrons. The summed E-state index contributed by atoms with van der Waals surface area (Å²) in [5, 5.41) is 23.1. The van der Waals surface area contributed by atoms with Crippen molar-refractivity contribution in [1.29, 1.82) is 0 Å². The third kappa shape index (κ3) is 3.22. The number of phenolic OH excluding ortho intramolecular Hbond substituents is 2. The van der Waals surface area contributed by atoms with E-state index in [2.05, 4.69) is 34.8 Å². The second-order valence-electron chi connectivity index (χ2n) is 6.94. The predicted octanol–water partition coefficient (Wildman–Crippen LogP) is 3.55. The van der Waals surface area contributed by atoms with E-state index in [-0.39, 0.29) is 28.7 Å². The molecule has 1 aliphatic rings. The van der Waals surface area contributed by atoms with E-state index < -0.39 is 0 Å². The number of nitrogens with one attached hydrogen (secondary N) is 1. The highest BCUT2D eigenvalue weighted by atomic mass is 16.3. The average molecular weight is 372 g/mol. The molecule has 0 saturated heterocycles. The van der Waals surface area contributed by atoms with Gasteiger partial charge in [0.1, 0.15) is 11.5 Å². The van der Waals surface area contributed by atoms with Crippen LogP contribution in [0.1, 0.15) is 23.1 Å². The minimum atomic E-state index is -0.344. The van der Waals surface area contributed by atoms with Gasteiger partial charge in [-0.05, 0) is 29.7 Å². The number of benzene rings is 3. The van der Waals surface area contributed by atoms with Gasteiger partial charge in [-0.25, -0.2) is 5.43 Å². The maximum absolute atomic E-state index is 12.8. The molecule has 0 heterocycles. The number of nitrogens with zero attached hydrogens (tertiary/aromatic N) is 1. The topological polar surface area (TPSA) is 81.9 Å². The summed E-state index contributed by atoms with van der Waals surface area (Å²) in [4.78, 5) is 12.8. The Hall–Kier alpha value is -3.60. The van der Waals surface area contributed by atoms with Crippen molar-refractivity contribution < 1.29 is 15.0 Å². The van der Waals surface area contributed by atoms with Gasteiger partial charge in [0.15, 0.2) is 0 Å². The Labute approximate surface area is 163 Å². The molecule has 3 N–H and O–H groups in total. The van der Waals surface area contributed by atoms with Crippen molar-refractivity contribution in [3.63, 3.8) is 0 Å². The predicted molar refractivity (Wildman–Crippen MR) is 107 cm³/mol. The highest BCUT2D eigenvalue weighted by molar-refractivity contribution is 5.88. The molecule has 0 aromatic heterocycles. The van der Waals surface area contributed by atoms with Crippen molar-refractivity contribution in [1.82, 2.24) is 5.43 Å². The van der Waals surface area contributed by atoms with Crippen LogP contribution in [0.2, 0.25) is 0 Å². The van der Waals surface area contributed by atoms with Gasteiger partial charge >= 0.3 is 0 Å². The minimum absolute atomic E-state index is 0.0350. The van der Waals surface area contributed by atoms with Crippen LogP contribution in [0.25, 0.3) is 0 Å². The van der Waals surface area contributed by atoms with Gasteiger partial charge in [-0.1, -0.05) is 60.7 Å². The van der Waals surface area contributed by atoms with Gasteiger partial charge in [0.25, 0.3) is 0 Å². The molecule has 3 aromatic carbocycles. The van der Waals surface area contributed by atoms with Crippen molar-refractivity contribution in [3.8, 4) is 11.5 Å². The minimum Gasteiger partial charge on any atom is -0.508 e. The molecule has 1 aliphatic carbocycles. The van der Waals surface area contributed by atoms with Gasteiger partial charge in [0.05, 0.1) is 12.1 Å². The Morgan fingerprint density at radius 2 is 1.57 bits per heavy atom. The van der Waals surface area contributed by atoms with Crippen molar-refractivity contribution in [3.05, 3.63) is 95.6 Å². The van der Waals surface area contributed by atoms with Crippen LogP contribution in [0.4, 0.5) is 0 Å². The first-order valence-corrected chi connectivity index (χ1v) is 9.07. The summed E-state index contributed by atoms with van der Waals surface area (Å²) in [7, 11) is 0. The summed E-state index contributed by atoms with van der Waals surface area (Å²) in [6.45, 7) is 0. The second kappa shape index (κ2) is 7.19. The average Bonchev–Trinajstić information content (AvgIpc) is 3.48. The molecule has 0 spiro atoms. The van der Waals surface area contributed by atoms with Gasteiger partial charge in [0, 0.05) is 17.0 Å². The van der Waals surface area contributed by atoms with Crippen molar-refractivity contribution in [2.75, 3.05) is 0 Å². The summed E-state index contributed by atoms with van der Waals surface area (Å²) in [6.07, 6.45) is 2.08. The largest absolute Gasteiger partial charge is 0.508 e. The van der Waals surface area contributed by atoms with Crippen LogP contribution >= 0.6 is 0 Å². The van der Waals surface area contributed by atoms with E-state index in [0.29, 0.717) is 12.0 Å². The quantitative estimate of drug-likeness (QED) is 0.473. The van der Waals surface area contributed by atoms with Gasteiger partial charge < -0.3 is 10.2 Å². The Morgan fingerprint density at radius 1 is 0.964 bits per heavy atom. The lowest BCUT2D eigenvalue weighted by atomic mass is 9.85. The van der Waals surface area contributed by atoms with Gasteiger partial charge in [0.2, 0.25) is 5.91 Å². The number of hydrogen-bond donors (Lipinski definition) is 3. The molecule has 0 bridgehead atoms. The fraction of sp³-hybridized carbons (Fsp3) is 0.130. The van der Waals surface area contributed by atoms with Crippen LogP contribution < -0.4 is 5.43 Å². The van der Waals surface area contributed by atoms with Crippen molar-refractivity contribution in [2.45, 2.75) is 11.8 Å². The first kappa shape index (κ1) is 17.8. The molecule has 1 fully saturated rings. The Morgan fingerprint density at radius 3 is 2.14 bits per heavy atom. The molecule has 28 heavy (non-hydrogen) atoms. The molecular formula is C23H20N2O3. The zero-order valence-electron chi connectivity index (χ0n) is 15.1. The molecule has 1 atom stereocenters. The molecule has 3 aromatic rings. The van der Waals surface area contributed by atoms with Crippen LogP contribution in [0.3, 0.4) is 0 Å². The monoisotopic (exact) mass is 372 g/mol. The molecule has 140 valence electrons. The zero-order valence-corrected chi connectivity index (χ0v) is 15.1. The molecule has 0 aliphatic heterocycles. The normalized spacial score (nSPS) is 17.4. The molecule has 1 amide bonds. The standard InChI is InChI=1S/C23H20N2O3/c26-19-12-11-16(21(27)13-19)15-24-25-22(28)20-14-23(20,17-7-3-1-4-8-17)18-9-5-2-6-10-18/h1-13,15,20,26-27H,14H2,(H,25,28). The summed E-state index contributed by atoms with van der Waals surface area (Å²) >= 11 is 0. The number of rotatable bonds is 5. The number of hydrazone groups is 1. The maximum Gasteiger partial charge on any atom is 0.244 e. The Kier molecular flexibility index (Phi) is 4.57. The molecule has 5 heteroatoms. The third-order valence-corrected chi connectivity index (χ3v) is 5.25. The first-order valence-electron chi connectivity index (χ1n) is 9.07. The lowest BCUT2D eigenvalue weighted by Crippen LogP contribution is -2.25. The zero-order chi connectivity index (χ0) is 19.6. The number of carbonyl (C=O) groups excluding carboxylic acids is 1. The van der Waals surface area contributed by atoms with E-state index in [1.807, 2.05) is 36.4 Å². The van der Waals surface area contributed by atoms with E-state index in [0.717, 1.165) is 11.1 Å². The fourth-order valence-electron chi connectivity index (χ4n) is 3.74. The van der Waals surface area contributed by atoms with Crippen LogP contribution in [-0.4, -0.2) is 22.3 Å². The summed E-state index contributed by atoms with van der Waals surface area (Å²) in [6, 6.07) is 24.3. The molecule has 1 unspecified atom stereocenters. The van der Waals surface area contributed by atoms with Crippen molar-refractivity contribution >= 4 is 12.1 Å². The van der Waals surface area contributed by atoms with Crippen LogP contribution in [0.5, 0.6) is 11.5 Å². The lowest BCUT2D eigenvalue weighted by Gasteiger charge is -2.18. The van der Waals surface area contributed by atoms with Crippen LogP contribution in [0, 0.1) is 5.92 Å². The summed E-state index contributed by atoms with van der Waals surface area (Å²) in [5.41, 5.74) is 4.88. The van der Waals surface area contributed by atoms with Crippen molar-refractivity contribution in [2.24, 2.45) is 11.0 Å². The number of hydrogen-bond acceptors (Lipinski definition) is 4. The van der Waals surface area contributed by atoms with E-state index >= 15 is 0 Å². The molecular weight excluding hydrogens is 352 g/mol. The molecule has 1 saturated carbocycles. The molecule has 4 rings (SSSR count). The van der Waals surface area contributed by atoms with E-state index in [1.165, 1.54) is 24.4 Å². The highest BCUT2D eigenvalue weighted by Crippen LogP contribution is 2.58. The SMILES string of the molecule is O=C(NN=Cc1ccc(O)cc1O)C1CC1(c1ccccc1)c1ccccc1. The Bertz CT molecular complexity index is 977. The number of phenols is 2. The first-order chi connectivity index (χ1) is 13.6. The smallest absolute Gasteiger partial charge is 0.244 e. The van der Waals surface area contributed by atoms with Gasteiger partial charge in [-0.3, -0.25) is 4.79 Å². The highest BCUT2D eigenvalue weighted by Gasteiger charge is 2.60. The molecule has 5 nitrogen and oxygen atoms in total. The summed E-state index contributed by atoms with van der Waals surface area (Å²) < 4.78 is 0. The van der Waals surface area contributed by atoms with Crippen LogP contribution in [0.15, 0.2) is 84.0 Å². The Balaban J connectivity index is 1.54. The van der Waals surface area contributed by atoms with Gasteiger partial charge in [-0.15, -0.1) is 0 Å². The summed E-state index contributed by atoms with van der Waals surface area (Å²) in [5.74, 6) is -0.524. The second-order valence-corrected chi connectivity index (χ2v) is 6.94. The van der Waals surface area contributed by atoms with E-state index in [4.69, 9.17) is 0 Å². The lowest BCUT2D eigenvalue weighted by molar-refractivity contribution is -0.122. The van der Waals surface area contributed by atoms with Gasteiger partial charge in [-0.2, -0.15) is 5.10 Å². The number of amides is 1. The van der Waals surface area contributed by atoms with E-state index in [9.17, 15) is 15.0 Å². The number of carbonyl (C=O) groups is 1. The fourth-order valence-corrected chi connectivity index (χ4v) is 3.74. The van der Waals surface area contributed by atoms with Crippen LogP contribution in [-0.2, 0) is 10.2 Å². The third-order valence-electron chi connectivity index (χ3n) is 5.25. The number of aromatic hydroxyl groups is 2. The maximum atomic E-state index is 12.8. The van der Waals surface area contributed by atoms with E-state index in [1.54, 1.807) is 0 Å².